The lowest BCUT2D eigenvalue weighted by atomic mass is 9.93. The number of carbonyl (C=O) groups is 1. The van der Waals surface area contributed by atoms with E-state index in [4.69, 9.17) is 5.73 Å². The number of Topliss-reactive ketones (excluding diaryl/α,β-unsaturated/α-hetero) is 1. The Labute approximate surface area is 117 Å². The van der Waals surface area contributed by atoms with Gasteiger partial charge in [0.1, 0.15) is 5.78 Å². The van der Waals surface area contributed by atoms with Crippen LogP contribution in [0.15, 0.2) is 18.2 Å². The number of hydrogen-bond acceptors (Lipinski definition) is 2. The monoisotopic (exact) mass is 429 g/mol. The SMILES string of the molecule is CCC(=O)C(CN)c1ccc(I)c(I)c1. The van der Waals surface area contributed by atoms with Gasteiger partial charge in [-0.15, -0.1) is 0 Å². The maximum absolute atomic E-state index is 11.7. The first-order valence-corrected chi connectivity index (χ1v) is 6.93. The van der Waals surface area contributed by atoms with Gasteiger partial charge in [-0.3, -0.25) is 4.79 Å². The molecular weight excluding hydrogens is 416 g/mol. The van der Waals surface area contributed by atoms with Gasteiger partial charge in [-0.1, -0.05) is 13.0 Å². The molecule has 0 fully saturated rings. The zero-order valence-electron chi connectivity index (χ0n) is 8.47. The summed E-state index contributed by atoms with van der Waals surface area (Å²) in [6.07, 6.45) is 0.546. The molecule has 1 unspecified atom stereocenters. The molecule has 0 aromatic heterocycles. The second kappa shape index (κ2) is 6.15. The van der Waals surface area contributed by atoms with E-state index in [1.54, 1.807) is 0 Å². The first kappa shape index (κ1) is 13.4. The fraction of sp³-hybridized carbons (Fsp3) is 0.364. The van der Waals surface area contributed by atoms with E-state index >= 15 is 0 Å². The highest BCUT2D eigenvalue weighted by Crippen LogP contribution is 2.23. The Morgan fingerprint density at radius 3 is 2.53 bits per heavy atom. The third-order valence-electron chi connectivity index (χ3n) is 2.32. The van der Waals surface area contributed by atoms with Crippen LogP contribution in [-0.4, -0.2) is 12.3 Å². The van der Waals surface area contributed by atoms with Crippen molar-refractivity contribution >= 4 is 51.0 Å². The van der Waals surface area contributed by atoms with E-state index in [9.17, 15) is 4.79 Å². The highest BCUT2D eigenvalue weighted by atomic mass is 127. The van der Waals surface area contributed by atoms with Gasteiger partial charge in [0.05, 0.1) is 5.92 Å². The number of ketones is 1. The number of carbonyl (C=O) groups excluding carboxylic acids is 1. The minimum absolute atomic E-state index is 0.138. The van der Waals surface area contributed by atoms with Gasteiger partial charge in [-0.2, -0.15) is 0 Å². The van der Waals surface area contributed by atoms with Crippen molar-refractivity contribution in [2.24, 2.45) is 5.73 Å². The van der Waals surface area contributed by atoms with Crippen molar-refractivity contribution in [3.8, 4) is 0 Å². The summed E-state index contributed by atoms with van der Waals surface area (Å²) >= 11 is 4.55. The quantitative estimate of drug-likeness (QED) is 0.749. The van der Waals surface area contributed by atoms with Crippen molar-refractivity contribution in [2.75, 3.05) is 6.54 Å². The fourth-order valence-corrected chi connectivity index (χ4v) is 2.30. The van der Waals surface area contributed by atoms with E-state index in [1.165, 1.54) is 7.14 Å². The first-order chi connectivity index (χ1) is 7.10. The molecule has 2 nitrogen and oxygen atoms in total. The summed E-state index contributed by atoms with van der Waals surface area (Å²) in [4.78, 5) is 11.7. The Balaban J connectivity index is 3.02. The van der Waals surface area contributed by atoms with Crippen LogP contribution in [0.2, 0.25) is 0 Å². The second-order valence-electron chi connectivity index (χ2n) is 3.28. The molecule has 0 amide bonds. The second-order valence-corrected chi connectivity index (χ2v) is 5.61. The zero-order chi connectivity index (χ0) is 11.4. The van der Waals surface area contributed by atoms with Gasteiger partial charge in [0, 0.05) is 20.1 Å². The number of nitrogens with two attached hydrogens (primary N) is 1. The third-order valence-corrected chi connectivity index (χ3v) is 5.18. The predicted octanol–water partition coefficient (Wildman–Crippen LogP) is 2.92. The maximum atomic E-state index is 11.7. The van der Waals surface area contributed by atoms with Crippen LogP contribution in [0.25, 0.3) is 0 Å². The molecule has 0 spiro atoms. The van der Waals surface area contributed by atoms with Crippen LogP contribution in [0.3, 0.4) is 0 Å². The van der Waals surface area contributed by atoms with Crippen molar-refractivity contribution in [1.29, 1.82) is 0 Å². The Morgan fingerprint density at radius 2 is 2.07 bits per heavy atom. The average Bonchev–Trinajstić information content (AvgIpc) is 2.24. The van der Waals surface area contributed by atoms with Gasteiger partial charge < -0.3 is 5.73 Å². The highest BCUT2D eigenvalue weighted by Gasteiger charge is 2.17. The molecule has 0 saturated heterocycles. The molecule has 1 atom stereocenters. The molecule has 15 heavy (non-hydrogen) atoms. The minimum Gasteiger partial charge on any atom is -0.329 e. The van der Waals surface area contributed by atoms with Crippen molar-refractivity contribution in [3.63, 3.8) is 0 Å². The van der Waals surface area contributed by atoms with E-state index in [-0.39, 0.29) is 11.7 Å². The minimum atomic E-state index is -0.138. The van der Waals surface area contributed by atoms with E-state index in [1.807, 2.05) is 25.1 Å². The molecule has 2 N–H and O–H groups in total. The number of benzene rings is 1. The summed E-state index contributed by atoms with van der Waals surface area (Å²) in [6, 6.07) is 6.08. The Kier molecular flexibility index (Phi) is 5.48. The largest absolute Gasteiger partial charge is 0.329 e. The maximum Gasteiger partial charge on any atom is 0.141 e. The Morgan fingerprint density at radius 1 is 1.40 bits per heavy atom. The Hall–Kier alpha value is 0.310. The molecule has 4 heteroatoms. The molecule has 1 aromatic rings. The van der Waals surface area contributed by atoms with Crippen LogP contribution < -0.4 is 5.73 Å². The molecule has 0 aliphatic rings. The first-order valence-electron chi connectivity index (χ1n) is 4.77. The normalized spacial score (nSPS) is 12.5. The number of hydrogen-bond donors (Lipinski definition) is 1. The van der Waals surface area contributed by atoms with Crippen molar-refractivity contribution < 1.29 is 4.79 Å². The summed E-state index contributed by atoms with van der Waals surface area (Å²) < 4.78 is 2.38. The molecule has 0 radical (unpaired) electrons. The Bertz CT molecular complexity index is 366. The lowest BCUT2D eigenvalue weighted by Crippen LogP contribution is -2.21. The van der Waals surface area contributed by atoms with Crippen LogP contribution in [0, 0.1) is 7.14 Å². The lowest BCUT2D eigenvalue weighted by molar-refractivity contribution is -0.120. The van der Waals surface area contributed by atoms with Crippen LogP contribution in [0.1, 0.15) is 24.8 Å². The van der Waals surface area contributed by atoms with Crippen molar-refractivity contribution in [2.45, 2.75) is 19.3 Å². The topological polar surface area (TPSA) is 43.1 Å². The molecule has 1 aromatic carbocycles. The number of rotatable bonds is 4. The molecular formula is C11H13I2NO. The lowest BCUT2D eigenvalue weighted by Gasteiger charge is -2.13. The van der Waals surface area contributed by atoms with Crippen LogP contribution in [0.4, 0.5) is 0 Å². The van der Waals surface area contributed by atoms with E-state index < -0.39 is 0 Å². The van der Waals surface area contributed by atoms with E-state index in [2.05, 4.69) is 45.2 Å². The van der Waals surface area contributed by atoms with Gasteiger partial charge in [0.25, 0.3) is 0 Å². The van der Waals surface area contributed by atoms with E-state index in [0.717, 1.165) is 5.56 Å². The zero-order valence-corrected chi connectivity index (χ0v) is 12.8. The molecule has 0 aliphatic carbocycles. The van der Waals surface area contributed by atoms with Gasteiger partial charge >= 0.3 is 0 Å². The molecule has 0 bridgehead atoms. The van der Waals surface area contributed by atoms with Gasteiger partial charge in [0.15, 0.2) is 0 Å². The third kappa shape index (κ3) is 3.39. The summed E-state index contributed by atoms with van der Waals surface area (Å²) in [6.45, 7) is 2.27. The molecule has 1 rings (SSSR count). The summed E-state index contributed by atoms with van der Waals surface area (Å²) in [5.41, 5.74) is 6.68. The van der Waals surface area contributed by atoms with Crippen LogP contribution >= 0.6 is 45.2 Å². The fourth-order valence-electron chi connectivity index (χ4n) is 1.43. The van der Waals surface area contributed by atoms with Crippen LogP contribution in [-0.2, 0) is 4.79 Å². The van der Waals surface area contributed by atoms with Crippen molar-refractivity contribution in [3.05, 3.63) is 30.9 Å². The summed E-state index contributed by atoms with van der Waals surface area (Å²) in [5, 5.41) is 0. The van der Waals surface area contributed by atoms with Gasteiger partial charge in [0.2, 0.25) is 0 Å². The average molecular weight is 429 g/mol. The molecule has 0 aliphatic heterocycles. The van der Waals surface area contributed by atoms with E-state index in [0.29, 0.717) is 13.0 Å². The van der Waals surface area contributed by atoms with Crippen LogP contribution in [0.5, 0.6) is 0 Å². The molecule has 0 heterocycles. The van der Waals surface area contributed by atoms with Gasteiger partial charge in [-0.05, 0) is 62.9 Å². The number of halogens is 2. The van der Waals surface area contributed by atoms with Gasteiger partial charge in [-0.25, -0.2) is 0 Å². The predicted molar refractivity (Wildman–Crippen MR) is 79.0 cm³/mol. The standard InChI is InChI=1S/C11H13I2NO/c1-2-11(15)8(6-14)7-3-4-9(12)10(13)5-7/h3-5,8H,2,6,14H2,1H3. The molecule has 0 saturated carbocycles. The molecule has 82 valence electrons. The smallest absolute Gasteiger partial charge is 0.141 e. The van der Waals surface area contributed by atoms with Crippen molar-refractivity contribution in [1.82, 2.24) is 0 Å². The highest BCUT2D eigenvalue weighted by molar-refractivity contribution is 14.1. The summed E-state index contributed by atoms with van der Waals surface area (Å²) in [5.74, 6) is 0.0787. The summed E-state index contributed by atoms with van der Waals surface area (Å²) in [7, 11) is 0.